The van der Waals surface area contributed by atoms with Crippen LogP contribution in [0.3, 0.4) is 0 Å². The van der Waals surface area contributed by atoms with Gasteiger partial charge in [0.05, 0.1) is 6.61 Å². The van der Waals surface area contributed by atoms with Gasteiger partial charge in [-0.25, -0.2) is 0 Å². The maximum absolute atomic E-state index is 5.49. The Hall–Kier alpha value is -2.16. The summed E-state index contributed by atoms with van der Waals surface area (Å²) >= 11 is 0. The predicted molar refractivity (Wildman–Crippen MR) is 83.5 cm³/mol. The maximum Gasteiger partial charge on any atom is 0.119 e. The summed E-state index contributed by atoms with van der Waals surface area (Å²) < 4.78 is 5.49. The zero-order chi connectivity index (χ0) is 13.9. The predicted octanol–water partition coefficient (Wildman–Crippen LogP) is 3.65. The summed E-state index contributed by atoms with van der Waals surface area (Å²) in [5, 5.41) is 3.20. The van der Waals surface area contributed by atoms with E-state index in [4.69, 9.17) is 4.74 Å². The largest absolute Gasteiger partial charge is 0.494 e. The number of anilines is 2. The minimum atomic E-state index is 0.710. The van der Waals surface area contributed by atoms with Crippen molar-refractivity contribution in [3.8, 4) is 5.75 Å². The summed E-state index contributed by atoms with van der Waals surface area (Å²) in [4.78, 5) is 2.39. The van der Waals surface area contributed by atoms with E-state index in [0.29, 0.717) is 6.61 Å². The van der Waals surface area contributed by atoms with E-state index in [0.717, 1.165) is 18.8 Å². The summed E-state index contributed by atoms with van der Waals surface area (Å²) in [7, 11) is 1.96. The van der Waals surface area contributed by atoms with E-state index in [-0.39, 0.29) is 0 Å². The van der Waals surface area contributed by atoms with Crippen LogP contribution in [-0.4, -0.2) is 13.7 Å². The summed E-state index contributed by atoms with van der Waals surface area (Å²) in [5.41, 5.74) is 5.25. The molecular formula is C17H20N2O. The molecule has 2 aromatic rings. The van der Waals surface area contributed by atoms with Crippen molar-refractivity contribution in [2.75, 3.05) is 23.9 Å². The second kappa shape index (κ2) is 5.45. The number of nitrogens with zero attached hydrogens (tertiary/aromatic N) is 1. The molecule has 104 valence electrons. The molecule has 0 bridgehead atoms. The number of benzene rings is 2. The number of hydrogen-bond acceptors (Lipinski definition) is 3. The topological polar surface area (TPSA) is 24.5 Å². The Morgan fingerprint density at radius 1 is 1.05 bits per heavy atom. The quantitative estimate of drug-likeness (QED) is 0.916. The van der Waals surface area contributed by atoms with Crippen molar-refractivity contribution >= 4 is 11.4 Å². The Morgan fingerprint density at radius 2 is 1.80 bits per heavy atom. The molecule has 0 saturated heterocycles. The van der Waals surface area contributed by atoms with Crippen molar-refractivity contribution < 1.29 is 4.74 Å². The number of hydrogen-bond donors (Lipinski definition) is 1. The second-order valence-corrected chi connectivity index (χ2v) is 5.02. The highest BCUT2D eigenvalue weighted by atomic mass is 16.5. The standard InChI is InChI=1S/C17H20N2O/c1-3-20-17-8-6-16(7-9-17)19-11-13-4-5-15(18-2)10-14(13)12-19/h4-10,18H,3,11-12H2,1-2H3. The van der Waals surface area contributed by atoms with Gasteiger partial charge >= 0.3 is 0 Å². The Morgan fingerprint density at radius 3 is 2.50 bits per heavy atom. The molecule has 3 rings (SSSR count). The van der Waals surface area contributed by atoms with Crippen LogP contribution in [0.15, 0.2) is 42.5 Å². The first-order valence-electron chi connectivity index (χ1n) is 7.07. The molecule has 0 spiro atoms. The average Bonchev–Trinajstić information content (AvgIpc) is 2.91. The average molecular weight is 268 g/mol. The SMILES string of the molecule is CCOc1ccc(N2Cc3ccc(NC)cc3C2)cc1. The van der Waals surface area contributed by atoms with Crippen LogP contribution in [0.5, 0.6) is 5.75 Å². The smallest absolute Gasteiger partial charge is 0.119 e. The van der Waals surface area contributed by atoms with Crippen molar-refractivity contribution in [3.05, 3.63) is 53.6 Å². The van der Waals surface area contributed by atoms with Crippen molar-refractivity contribution in [1.29, 1.82) is 0 Å². The maximum atomic E-state index is 5.49. The fraction of sp³-hybridized carbons (Fsp3) is 0.294. The molecule has 3 nitrogen and oxygen atoms in total. The van der Waals surface area contributed by atoms with E-state index in [9.17, 15) is 0 Å². The first kappa shape index (κ1) is 12.9. The zero-order valence-electron chi connectivity index (χ0n) is 12.0. The van der Waals surface area contributed by atoms with Gasteiger partial charge in [0.15, 0.2) is 0 Å². The molecule has 0 amide bonds. The van der Waals surface area contributed by atoms with Crippen molar-refractivity contribution in [2.45, 2.75) is 20.0 Å². The molecule has 0 aromatic heterocycles. The van der Waals surface area contributed by atoms with E-state index < -0.39 is 0 Å². The van der Waals surface area contributed by atoms with Crippen LogP contribution < -0.4 is 15.0 Å². The normalized spacial score (nSPS) is 13.2. The summed E-state index contributed by atoms with van der Waals surface area (Å²) in [6, 6.07) is 15.0. The molecule has 0 fully saturated rings. The highest BCUT2D eigenvalue weighted by Gasteiger charge is 2.19. The molecule has 3 heteroatoms. The third kappa shape index (κ3) is 2.44. The number of nitrogens with one attached hydrogen (secondary N) is 1. The lowest BCUT2D eigenvalue weighted by atomic mass is 10.1. The van der Waals surface area contributed by atoms with Crippen molar-refractivity contribution in [2.24, 2.45) is 0 Å². The first-order valence-corrected chi connectivity index (χ1v) is 7.07. The van der Waals surface area contributed by atoms with Gasteiger partial charge in [0.1, 0.15) is 5.75 Å². The molecule has 2 aromatic carbocycles. The third-order valence-corrected chi connectivity index (χ3v) is 3.73. The van der Waals surface area contributed by atoms with E-state index in [2.05, 4.69) is 40.5 Å². The van der Waals surface area contributed by atoms with Gasteiger partial charge in [-0.05, 0) is 54.4 Å². The number of ether oxygens (including phenoxy) is 1. The highest BCUT2D eigenvalue weighted by Crippen LogP contribution is 2.30. The third-order valence-electron chi connectivity index (χ3n) is 3.73. The van der Waals surface area contributed by atoms with Gasteiger partial charge < -0.3 is 15.0 Å². The lowest BCUT2D eigenvalue weighted by Crippen LogP contribution is -2.14. The fourth-order valence-electron chi connectivity index (χ4n) is 2.65. The van der Waals surface area contributed by atoms with Crippen LogP contribution in [0.4, 0.5) is 11.4 Å². The molecule has 20 heavy (non-hydrogen) atoms. The summed E-state index contributed by atoms with van der Waals surface area (Å²) in [5.74, 6) is 0.936. The Balaban J connectivity index is 1.77. The van der Waals surface area contributed by atoms with E-state index in [1.807, 2.05) is 26.1 Å². The highest BCUT2D eigenvalue weighted by molar-refractivity contribution is 5.57. The minimum Gasteiger partial charge on any atom is -0.494 e. The van der Waals surface area contributed by atoms with Gasteiger partial charge in [0.25, 0.3) is 0 Å². The molecule has 1 aliphatic rings. The van der Waals surface area contributed by atoms with E-state index in [1.54, 1.807) is 0 Å². The Kier molecular flexibility index (Phi) is 3.50. The van der Waals surface area contributed by atoms with Crippen LogP contribution in [0.1, 0.15) is 18.1 Å². The molecule has 1 aliphatic heterocycles. The molecule has 0 saturated carbocycles. The molecule has 0 aliphatic carbocycles. The lowest BCUT2D eigenvalue weighted by Gasteiger charge is -2.18. The minimum absolute atomic E-state index is 0.710. The van der Waals surface area contributed by atoms with Gasteiger partial charge in [0, 0.05) is 31.5 Å². The molecular weight excluding hydrogens is 248 g/mol. The van der Waals surface area contributed by atoms with Crippen LogP contribution in [0, 0.1) is 0 Å². The monoisotopic (exact) mass is 268 g/mol. The van der Waals surface area contributed by atoms with Crippen molar-refractivity contribution in [3.63, 3.8) is 0 Å². The van der Waals surface area contributed by atoms with Crippen LogP contribution in [0.2, 0.25) is 0 Å². The Bertz CT molecular complexity index is 592. The van der Waals surface area contributed by atoms with Crippen molar-refractivity contribution in [1.82, 2.24) is 0 Å². The second-order valence-electron chi connectivity index (χ2n) is 5.02. The van der Waals surface area contributed by atoms with Gasteiger partial charge in [-0.1, -0.05) is 6.07 Å². The van der Waals surface area contributed by atoms with Gasteiger partial charge in [-0.2, -0.15) is 0 Å². The molecule has 1 heterocycles. The van der Waals surface area contributed by atoms with Crippen LogP contribution in [-0.2, 0) is 13.1 Å². The van der Waals surface area contributed by atoms with Crippen LogP contribution in [0.25, 0.3) is 0 Å². The van der Waals surface area contributed by atoms with Crippen LogP contribution >= 0.6 is 0 Å². The molecule has 0 atom stereocenters. The van der Waals surface area contributed by atoms with Gasteiger partial charge in [0.2, 0.25) is 0 Å². The van der Waals surface area contributed by atoms with Gasteiger partial charge in [-0.15, -0.1) is 0 Å². The Labute approximate surface area is 120 Å². The zero-order valence-corrected chi connectivity index (χ0v) is 12.0. The van der Waals surface area contributed by atoms with Gasteiger partial charge in [-0.3, -0.25) is 0 Å². The molecule has 0 unspecified atom stereocenters. The number of fused-ring (bicyclic) bond motifs is 1. The van der Waals surface area contributed by atoms with E-state index in [1.165, 1.54) is 22.5 Å². The molecule has 0 radical (unpaired) electrons. The fourth-order valence-corrected chi connectivity index (χ4v) is 2.65. The van der Waals surface area contributed by atoms with E-state index >= 15 is 0 Å². The number of rotatable bonds is 4. The lowest BCUT2D eigenvalue weighted by molar-refractivity contribution is 0.340. The first-order chi connectivity index (χ1) is 9.80. The summed E-state index contributed by atoms with van der Waals surface area (Å²) in [6.45, 7) is 4.66. The summed E-state index contributed by atoms with van der Waals surface area (Å²) in [6.07, 6.45) is 0. The molecule has 1 N–H and O–H groups in total.